The van der Waals surface area contributed by atoms with E-state index < -0.39 is 15.6 Å². The predicted molar refractivity (Wildman–Crippen MR) is 121 cm³/mol. The molecule has 0 saturated carbocycles. The van der Waals surface area contributed by atoms with E-state index in [4.69, 9.17) is 9.47 Å². The standard InChI is InChI=1S/C23H30N2O5S/c1-15-9-16(2)11-17(10-15)25(31(6,27)28)14-22(26)24-20-13-23(3,4)30-21-12-18(29-5)7-8-19(20)21/h7-12,20H,13-14H2,1-6H3,(H,24,26). The van der Waals surface area contributed by atoms with E-state index in [-0.39, 0.29) is 18.5 Å². The Kier molecular flexibility index (Phi) is 6.23. The zero-order chi connectivity index (χ0) is 23.0. The number of amides is 1. The molecule has 0 spiro atoms. The van der Waals surface area contributed by atoms with Crippen LogP contribution in [0.15, 0.2) is 36.4 Å². The van der Waals surface area contributed by atoms with Gasteiger partial charge in [-0.05, 0) is 63.1 Å². The molecule has 1 amide bonds. The first-order valence-electron chi connectivity index (χ1n) is 10.1. The smallest absolute Gasteiger partial charge is 0.241 e. The fourth-order valence-electron chi connectivity index (χ4n) is 3.95. The number of benzene rings is 2. The summed E-state index contributed by atoms with van der Waals surface area (Å²) in [7, 11) is -2.06. The lowest BCUT2D eigenvalue weighted by molar-refractivity contribution is -0.120. The molecule has 2 aromatic carbocycles. The van der Waals surface area contributed by atoms with Crippen molar-refractivity contribution in [2.75, 3.05) is 24.2 Å². The number of carbonyl (C=O) groups is 1. The van der Waals surface area contributed by atoms with Crippen LogP contribution >= 0.6 is 0 Å². The lowest BCUT2D eigenvalue weighted by Gasteiger charge is -2.38. The SMILES string of the molecule is COc1ccc2c(c1)OC(C)(C)CC2NC(=O)CN(c1cc(C)cc(C)c1)S(C)(=O)=O. The van der Waals surface area contributed by atoms with Crippen molar-refractivity contribution in [1.82, 2.24) is 5.32 Å². The summed E-state index contributed by atoms with van der Waals surface area (Å²) in [5.74, 6) is 0.934. The van der Waals surface area contributed by atoms with Crippen LogP contribution in [0.2, 0.25) is 0 Å². The van der Waals surface area contributed by atoms with Crippen LogP contribution in [0, 0.1) is 13.8 Å². The first-order chi connectivity index (χ1) is 14.4. The maximum atomic E-state index is 13.0. The van der Waals surface area contributed by atoms with Gasteiger partial charge >= 0.3 is 0 Å². The highest BCUT2D eigenvalue weighted by Crippen LogP contribution is 2.41. The van der Waals surface area contributed by atoms with E-state index in [0.29, 0.717) is 23.6 Å². The molecular formula is C23H30N2O5S. The Morgan fingerprint density at radius 3 is 2.42 bits per heavy atom. The van der Waals surface area contributed by atoms with Gasteiger partial charge in [0, 0.05) is 18.1 Å². The number of methoxy groups -OCH3 is 1. The minimum absolute atomic E-state index is 0.301. The van der Waals surface area contributed by atoms with Crippen molar-refractivity contribution in [3.8, 4) is 11.5 Å². The third-order valence-electron chi connectivity index (χ3n) is 5.20. The first kappa shape index (κ1) is 22.9. The Balaban J connectivity index is 1.86. The molecule has 0 bridgehead atoms. The molecule has 1 aliphatic rings. The number of rotatable bonds is 6. The van der Waals surface area contributed by atoms with Crippen LogP contribution in [-0.2, 0) is 14.8 Å². The number of ether oxygens (including phenoxy) is 2. The van der Waals surface area contributed by atoms with Crippen molar-refractivity contribution in [2.45, 2.75) is 45.8 Å². The van der Waals surface area contributed by atoms with Crippen LogP contribution in [-0.4, -0.2) is 39.8 Å². The molecule has 7 nitrogen and oxygen atoms in total. The van der Waals surface area contributed by atoms with E-state index in [1.807, 2.05) is 45.9 Å². The monoisotopic (exact) mass is 446 g/mol. The Hall–Kier alpha value is -2.74. The number of aryl methyl sites for hydroxylation is 2. The van der Waals surface area contributed by atoms with E-state index in [0.717, 1.165) is 27.3 Å². The molecular weight excluding hydrogens is 416 g/mol. The topological polar surface area (TPSA) is 84.9 Å². The number of fused-ring (bicyclic) bond motifs is 1. The third-order valence-corrected chi connectivity index (χ3v) is 6.34. The Morgan fingerprint density at radius 1 is 1.19 bits per heavy atom. The molecule has 0 radical (unpaired) electrons. The molecule has 0 fully saturated rings. The van der Waals surface area contributed by atoms with Gasteiger partial charge in [0.2, 0.25) is 15.9 Å². The van der Waals surface area contributed by atoms with E-state index in [9.17, 15) is 13.2 Å². The second-order valence-electron chi connectivity index (χ2n) is 8.71. The van der Waals surface area contributed by atoms with Crippen LogP contribution in [0.3, 0.4) is 0 Å². The fourth-order valence-corrected chi connectivity index (χ4v) is 4.79. The summed E-state index contributed by atoms with van der Waals surface area (Å²) in [6.07, 6.45) is 1.66. The lowest BCUT2D eigenvalue weighted by Crippen LogP contribution is -2.45. The Morgan fingerprint density at radius 2 is 1.84 bits per heavy atom. The zero-order valence-corrected chi connectivity index (χ0v) is 19.7. The van der Waals surface area contributed by atoms with Gasteiger partial charge in [-0.2, -0.15) is 0 Å². The third kappa shape index (κ3) is 5.50. The molecule has 8 heteroatoms. The van der Waals surface area contributed by atoms with Gasteiger partial charge in [-0.3, -0.25) is 9.10 Å². The second kappa shape index (κ2) is 8.42. The molecule has 1 aliphatic heterocycles. The number of hydrogen-bond donors (Lipinski definition) is 1. The zero-order valence-electron chi connectivity index (χ0n) is 18.9. The second-order valence-corrected chi connectivity index (χ2v) is 10.6. The number of anilines is 1. The van der Waals surface area contributed by atoms with E-state index in [2.05, 4.69) is 5.32 Å². The Labute approximate surface area is 184 Å². The lowest BCUT2D eigenvalue weighted by atomic mass is 9.89. The highest BCUT2D eigenvalue weighted by molar-refractivity contribution is 7.92. The predicted octanol–water partition coefficient (Wildman–Crippen LogP) is 3.50. The summed E-state index contributed by atoms with van der Waals surface area (Å²) in [5, 5.41) is 3.00. The summed E-state index contributed by atoms with van der Waals surface area (Å²) in [5.41, 5.74) is 2.68. The summed E-state index contributed by atoms with van der Waals surface area (Å²) in [4.78, 5) is 13.0. The summed E-state index contributed by atoms with van der Waals surface area (Å²) < 4.78 is 37.4. The highest BCUT2D eigenvalue weighted by atomic mass is 32.2. The van der Waals surface area contributed by atoms with Crippen LogP contribution < -0.4 is 19.1 Å². The molecule has 1 heterocycles. The number of hydrogen-bond acceptors (Lipinski definition) is 5. The highest BCUT2D eigenvalue weighted by Gasteiger charge is 2.35. The molecule has 31 heavy (non-hydrogen) atoms. The molecule has 1 atom stereocenters. The molecule has 1 N–H and O–H groups in total. The van der Waals surface area contributed by atoms with Gasteiger partial charge in [0.25, 0.3) is 0 Å². The molecule has 0 aromatic heterocycles. The van der Waals surface area contributed by atoms with Crippen molar-refractivity contribution in [3.05, 3.63) is 53.1 Å². The van der Waals surface area contributed by atoms with Gasteiger partial charge in [0.05, 0.1) is 25.1 Å². The normalized spacial score (nSPS) is 17.3. The van der Waals surface area contributed by atoms with E-state index in [1.165, 1.54) is 0 Å². The van der Waals surface area contributed by atoms with Gasteiger partial charge in [-0.15, -0.1) is 0 Å². The molecule has 168 valence electrons. The Bertz CT molecular complexity index is 1070. The van der Waals surface area contributed by atoms with Crippen molar-refractivity contribution in [1.29, 1.82) is 0 Å². The van der Waals surface area contributed by atoms with Crippen LogP contribution in [0.1, 0.15) is 43.0 Å². The molecule has 2 aromatic rings. The molecule has 0 saturated heterocycles. The molecule has 0 aliphatic carbocycles. The summed E-state index contributed by atoms with van der Waals surface area (Å²) in [6, 6.07) is 10.7. The maximum absolute atomic E-state index is 13.0. The number of nitrogens with one attached hydrogen (secondary N) is 1. The maximum Gasteiger partial charge on any atom is 0.241 e. The number of nitrogens with zero attached hydrogens (tertiary/aromatic N) is 1. The minimum Gasteiger partial charge on any atom is -0.497 e. The van der Waals surface area contributed by atoms with Crippen molar-refractivity contribution < 1.29 is 22.7 Å². The van der Waals surface area contributed by atoms with Crippen molar-refractivity contribution >= 4 is 21.6 Å². The van der Waals surface area contributed by atoms with Crippen LogP contribution in [0.4, 0.5) is 5.69 Å². The molecule has 1 unspecified atom stereocenters. The first-order valence-corrected chi connectivity index (χ1v) is 11.9. The molecule has 3 rings (SSSR count). The van der Waals surface area contributed by atoms with Crippen molar-refractivity contribution in [3.63, 3.8) is 0 Å². The largest absolute Gasteiger partial charge is 0.497 e. The summed E-state index contributed by atoms with van der Waals surface area (Å²) in [6.45, 7) is 7.39. The quantitative estimate of drug-likeness (QED) is 0.734. The van der Waals surface area contributed by atoms with Gasteiger partial charge in [-0.1, -0.05) is 6.07 Å². The van der Waals surface area contributed by atoms with Gasteiger partial charge < -0.3 is 14.8 Å². The number of sulfonamides is 1. The van der Waals surface area contributed by atoms with Crippen LogP contribution in [0.5, 0.6) is 11.5 Å². The van der Waals surface area contributed by atoms with Gasteiger partial charge in [-0.25, -0.2) is 8.42 Å². The summed E-state index contributed by atoms with van der Waals surface area (Å²) >= 11 is 0. The van der Waals surface area contributed by atoms with Crippen LogP contribution in [0.25, 0.3) is 0 Å². The van der Waals surface area contributed by atoms with Gasteiger partial charge in [0.1, 0.15) is 23.6 Å². The van der Waals surface area contributed by atoms with E-state index in [1.54, 1.807) is 25.3 Å². The van der Waals surface area contributed by atoms with E-state index >= 15 is 0 Å². The van der Waals surface area contributed by atoms with Gasteiger partial charge in [0.15, 0.2) is 0 Å². The minimum atomic E-state index is -3.65. The number of carbonyl (C=O) groups excluding carboxylic acids is 1. The fraction of sp³-hybridized carbons (Fsp3) is 0.435. The van der Waals surface area contributed by atoms with Crippen molar-refractivity contribution in [2.24, 2.45) is 0 Å². The average molecular weight is 447 g/mol. The average Bonchev–Trinajstić information content (AvgIpc) is 2.62.